The van der Waals surface area contributed by atoms with E-state index < -0.39 is 5.82 Å². The Bertz CT molecular complexity index is 337. The van der Waals surface area contributed by atoms with Gasteiger partial charge in [-0.3, -0.25) is 0 Å². The van der Waals surface area contributed by atoms with Crippen LogP contribution in [0.1, 0.15) is 5.56 Å². The van der Waals surface area contributed by atoms with Gasteiger partial charge in [0.15, 0.2) is 0 Å². The zero-order valence-electron chi connectivity index (χ0n) is 6.93. The number of hydrogen-bond acceptors (Lipinski definition) is 2. The molecule has 0 radical (unpaired) electrons. The lowest BCUT2D eigenvalue weighted by Gasteiger charge is -2.02. The van der Waals surface area contributed by atoms with Crippen LogP contribution in [0.5, 0.6) is 0 Å². The number of benzene rings is 1. The van der Waals surface area contributed by atoms with Gasteiger partial charge in [0.25, 0.3) is 0 Å². The summed E-state index contributed by atoms with van der Waals surface area (Å²) in [6.07, 6.45) is 3.33. The quantitative estimate of drug-likeness (QED) is 0.718. The Morgan fingerprint density at radius 2 is 2.15 bits per heavy atom. The van der Waals surface area contributed by atoms with Gasteiger partial charge in [-0.25, -0.2) is 4.39 Å². The lowest BCUT2D eigenvalue weighted by atomic mass is 10.1. The molecule has 0 unspecified atom stereocenters. The average molecular weight is 201 g/mol. The third-order valence-corrected chi connectivity index (χ3v) is 1.87. The lowest BCUT2D eigenvalue weighted by molar-refractivity contribution is 0.628. The predicted molar refractivity (Wildman–Crippen MR) is 53.9 cm³/mol. The van der Waals surface area contributed by atoms with Crippen molar-refractivity contribution in [3.8, 4) is 0 Å². The van der Waals surface area contributed by atoms with Crippen LogP contribution in [-0.4, -0.2) is 6.54 Å². The molecule has 0 aromatic heterocycles. The van der Waals surface area contributed by atoms with Crippen LogP contribution in [0.4, 0.5) is 10.1 Å². The minimum absolute atomic E-state index is 0.219. The van der Waals surface area contributed by atoms with Crippen LogP contribution >= 0.6 is 11.6 Å². The summed E-state index contributed by atoms with van der Waals surface area (Å²) < 4.78 is 12.8. The maximum atomic E-state index is 12.8. The van der Waals surface area contributed by atoms with Crippen molar-refractivity contribution in [1.82, 2.24) is 0 Å². The zero-order valence-corrected chi connectivity index (χ0v) is 7.68. The molecule has 4 N–H and O–H groups in total. The Hall–Kier alpha value is -1.06. The van der Waals surface area contributed by atoms with Crippen molar-refractivity contribution >= 4 is 23.4 Å². The molecule has 0 aliphatic heterocycles. The van der Waals surface area contributed by atoms with Gasteiger partial charge in [0.2, 0.25) is 0 Å². The van der Waals surface area contributed by atoms with E-state index in [1.54, 1.807) is 12.2 Å². The SMILES string of the molecule is NCC=Cc1cc(F)cc(Cl)c1N. The third kappa shape index (κ3) is 2.44. The Balaban J connectivity index is 3.12. The molecule has 0 fully saturated rings. The van der Waals surface area contributed by atoms with Crippen LogP contribution in [-0.2, 0) is 0 Å². The van der Waals surface area contributed by atoms with E-state index in [1.165, 1.54) is 12.1 Å². The van der Waals surface area contributed by atoms with E-state index >= 15 is 0 Å². The molecule has 1 aromatic rings. The fraction of sp³-hybridized carbons (Fsp3) is 0.111. The summed E-state index contributed by atoms with van der Waals surface area (Å²) in [7, 11) is 0. The summed E-state index contributed by atoms with van der Waals surface area (Å²) in [6, 6.07) is 2.49. The van der Waals surface area contributed by atoms with Crippen molar-refractivity contribution < 1.29 is 4.39 Å². The van der Waals surface area contributed by atoms with Crippen molar-refractivity contribution in [3.05, 3.63) is 34.6 Å². The van der Waals surface area contributed by atoms with Gasteiger partial charge < -0.3 is 11.5 Å². The first-order valence-corrected chi connectivity index (χ1v) is 4.14. The minimum Gasteiger partial charge on any atom is -0.397 e. The fourth-order valence-corrected chi connectivity index (χ4v) is 1.15. The summed E-state index contributed by atoms with van der Waals surface area (Å²) in [5, 5.41) is 0.219. The number of anilines is 1. The zero-order chi connectivity index (χ0) is 9.84. The highest BCUT2D eigenvalue weighted by molar-refractivity contribution is 6.33. The van der Waals surface area contributed by atoms with E-state index in [0.29, 0.717) is 17.8 Å². The van der Waals surface area contributed by atoms with Crippen molar-refractivity contribution in [2.45, 2.75) is 0 Å². The molecule has 0 saturated heterocycles. The lowest BCUT2D eigenvalue weighted by Crippen LogP contribution is -1.95. The van der Waals surface area contributed by atoms with Gasteiger partial charge in [-0.05, 0) is 12.1 Å². The standard InChI is InChI=1S/C9H10ClFN2/c10-8-5-7(11)4-6(9(8)13)2-1-3-12/h1-2,4-5H,3,12-13H2. The summed E-state index contributed by atoms with van der Waals surface area (Å²) >= 11 is 5.67. The summed E-state index contributed by atoms with van der Waals surface area (Å²) in [4.78, 5) is 0. The first kappa shape index (κ1) is 10.0. The maximum absolute atomic E-state index is 12.8. The van der Waals surface area contributed by atoms with Crippen LogP contribution in [0.3, 0.4) is 0 Å². The highest BCUT2D eigenvalue weighted by Gasteiger charge is 2.03. The van der Waals surface area contributed by atoms with Gasteiger partial charge in [0, 0.05) is 12.1 Å². The largest absolute Gasteiger partial charge is 0.397 e. The normalized spacial score (nSPS) is 11.0. The van der Waals surface area contributed by atoms with Crippen molar-refractivity contribution in [3.63, 3.8) is 0 Å². The van der Waals surface area contributed by atoms with Gasteiger partial charge >= 0.3 is 0 Å². The molecule has 1 aromatic carbocycles. The molecule has 0 aliphatic rings. The molecular formula is C9H10ClFN2. The molecule has 0 spiro atoms. The molecule has 0 bridgehead atoms. The molecular weight excluding hydrogens is 191 g/mol. The van der Waals surface area contributed by atoms with Gasteiger partial charge in [0.05, 0.1) is 10.7 Å². The van der Waals surface area contributed by atoms with Crippen LogP contribution in [0.2, 0.25) is 5.02 Å². The van der Waals surface area contributed by atoms with E-state index in [9.17, 15) is 4.39 Å². The first-order valence-electron chi connectivity index (χ1n) is 3.76. The van der Waals surface area contributed by atoms with Gasteiger partial charge in [-0.2, -0.15) is 0 Å². The molecule has 4 heteroatoms. The molecule has 0 atom stereocenters. The van der Waals surface area contributed by atoms with E-state index in [4.69, 9.17) is 23.1 Å². The van der Waals surface area contributed by atoms with Gasteiger partial charge in [-0.1, -0.05) is 23.8 Å². The van der Waals surface area contributed by atoms with Gasteiger partial charge in [-0.15, -0.1) is 0 Å². The smallest absolute Gasteiger partial charge is 0.125 e. The highest BCUT2D eigenvalue weighted by atomic mass is 35.5. The molecule has 70 valence electrons. The van der Waals surface area contributed by atoms with Crippen molar-refractivity contribution in [2.24, 2.45) is 5.73 Å². The predicted octanol–water partition coefficient (Wildman–Crippen LogP) is 2.03. The highest BCUT2D eigenvalue weighted by Crippen LogP contribution is 2.25. The number of halogens is 2. The van der Waals surface area contributed by atoms with Crippen LogP contribution in [0, 0.1) is 5.82 Å². The third-order valence-electron chi connectivity index (χ3n) is 1.56. The van der Waals surface area contributed by atoms with Crippen molar-refractivity contribution in [1.29, 1.82) is 0 Å². The summed E-state index contributed by atoms with van der Waals surface area (Å²) in [6.45, 7) is 0.383. The van der Waals surface area contributed by atoms with Crippen LogP contribution < -0.4 is 11.5 Å². The fourth-order valence-electron chi connectivity index (χ4n) is 0.938. The number of hydrogen-bond donors (Lipinski definition) is 2. The Morgan fingerprint density at radius 3 is 2.77 bits per heavy atom. The monoisotopic (exact) mass is 200 g/mol. The molecule has 13 heavy (non-hydrogen) atoms. The molecule has 2 nitrogen and oxygen atoms in total. The second-order valence-electron chi connectivity index (χ2n) is 2.53. The number of nitrogens with two attached hydrogens (primary N) is 2. The second-order valence-corrected chi connectivity index (χ2v) is 2.94. The number of rotatable bonds is 2. The molecule has 0 heterocycles. The summed E-state index contributed by atoms with van der Waals surface area (Å²) in [5.41, 5.74) is 11.8. The maximum Gasteiger partial charge on any atom is 0.125 e. The van der Waals surface area contributed by atoms with Crippen LogP contribution in [0.15, 0.2) is 18.2 Å². The Morgan fingerprint density at radius 1 is 1.46 bits per heavy atom. The summed E-state index contributed by atoms with van der Waals surface area (Å²) in [5.74, 6) is -0.407. The molecule has 0 saturated carbocycles. The molecule has 0 amide bonds. The Kier molecular flexibility index (Phi) is 3.28. The minimum atomic E-state index is -0.407. The van der Waals surface area contributed by atoms with Crippen molar-refractivity contribution in [2.75, 3.05) is 12.3 Å². The Labute approximate surface area is 81.0 Å². The topological polar surface area (TPSA) is 52.0 Å². The number of nitrogen functional groups attached to an aromatic ring is 1. The van der Waals surface area contributed by atoms with E-state index in [2.05, 4.69) is 0 Å². The van der Waals surface area contributed by atoms with E-state index in [-0.39, 0.29) is 5.02 Å². The first-order chi connectivity index (χ1) is 6.15. The average Bonchev–Trinajstić information content (AvgIpc) is 2.09. The van der Waals surface area contributed by atoms with Crippen LogP contribution in [0.25, 0.3) is 6.08 Å². The van der Waals surface area contributed by atoms with Gasteiger partial charge in [0.1, 0.15) is 5.82 Å². The second kappa shape index (κ2) is 4.25. The molecule has 1 rings (SSSR count). The van der Waals surface area contributed by atoms with E-state index in [0.717, 1.165) is 0 Å². The molecule has 0 aliphatic carbocycles. The van der Waals surface area contributed by atoms with E-state index in [1.807, 2.05) is 0 Å².